The molecule has 0 aromatic heterocycles. The van der Waals surface area contributed by atoms with Gasteiger partial charge in [-0.3, -0.25) is 4.79 Å². The summed E-state index contributed by atoms with van der Waals surface area (Å²) in [5, 5.41) is -0.634. The molecule has 0 bridgehead atoms. The first-order chi connectivity index (χ1) is 7.20. The third-order valence-corrected chi connectivity index (χ3v) is 1.61. The van der Waals surface area contributed by atoms with E-state index in [4.69, 9.17) is 16.3 Å². The van der Waals surface area contributed by atoms with E-state index in [1.807, 2.05) is 0 Å². The van der Waals surface area contributed by atoms with Gasteiger partial charge in [-0.15, -0.1) is 0 Å². The lowest BCUT2D eigenvalue weighted by Gasteiger charge is -2.03. The number of hydrogen-bond donors (Lipinski definition) is 0. The van der Waals surface area contributed by atoms with E-state index in [9.17, 15) is 9.59 Å². The van der Waals surface area contributed by atoms with Crippen molar-refractivity contribution in [2.45, 2.75) is 0 Å². The van der Waals surface area contributed by atoms with Crippen LogP contribution in [0.25, 0.3) is 0 Å². The summed E-state index contributed by atoms with van der Waals surface area (Å²) in [6, 6.07) is 8.48. The van der Waals surface area contributed by atoms with Crippen LogP contribution in [0.5, 0.6) is 0 Å². The molecular weight excluding hydrogens is 220 g/mol. The van der Waals surface area contributed by atoms with Gasteiger partial charge < -0.3 is 9.47 Å². The number of hydrogen-bond acceptors (Lipinski definition) is 4. The van der Waals surface area contributed by atoms with Crippen molar-refractivity contribution in [3.05, 3.63) is 35.9 Å². The van der Waals surface area contributed by atoms with Gasteiger partial charge >= 0.3 is 5.97 Å². The Morgan fingerprint density at radius 3 is 2.47 bits per heavy atom. The minimum absolute atomic E-state index is 0.274. The van der Waals surface area contributed by atoms with Gasteiger partial charge in [-0.05, 0) is 23.7 Å². The predicted molar refractivity (Wildman–Crippen MR) is 53.5 cm³/mol. The van der Waals surface area contributed by atoms with Gasteiger partial charge in [-0.1, -0.05) is 18.2 Å². The molecular formula is C10H9ClO4. The van der Waals surface area contributed by atoms with Gasteiger partial charge in [0.25, 0.3) is 0 Å². The normalized spacial score (nSPS) is 9.67. The van der Waals surface area contributed by atoms with Crippen LogP contribution in [0.15, 0.2) is 30.3 Å². The molecule has 0 heterocycles. The van der Waals surface area contributed by atoms with Gasteiger partial charge in [0.2, 0.25) is 5.24 Å². The van der Waals surface area contributed by atoms with Gasteiger partial charge in [-0.2, -0.15) is 0 Å². The van der Waals surface area contributed by atoms with Crippen molar-refractivity contribution >= 4 is 22.8 Å². The molecule has 1 aromatic rings. The third-order valence-electron chi connectivity index (χ3n) is 1.50. The zero-order valence-corrected chi connectivity index (χ0v) is 8.57. The second kappa shape index (κ2) is 6.16. The lowest BCUT2D eigenvalue weighted by atomic mass is 10.2. The summed E-state index contributed by atoms with van der Waals surface area (Å²) in [5.41, 5.74) is 0.429. The van der Waals surface area contributed by atoms with Gasteiger partial charge in [0.1, 0.15) is 6.61 Å². The Balaban J connectivity index is 2.28. The zero-order valence-electron chi connectivity index (χ0n) is 7.81. The van der Waals surface area contributed by atoms with Crippen molar-refractivity contribution in [1.29, 1.82) is 0 Å². The van der Waals surface area contributed by atoms with Gasteiger partial charge in [0, 0.05) is 0 Å². The Hall–Kier alpha value is -1.39. The molecule has 0 amide bonds. The molecule has 15 heavy (non-hydrogen) atoms. The van der Waals surface area contributed by atoms with E-state index in [-0.39, 0.29) is 13.4 Å². The fourth-order valence-corrected chi connectivity index (χ4v) is 0.952. The van der Waals surface area contributed by atoms with Crippen LogP contribution in [0.1, 0.15) is 10.4 Å². The highest BCUT2D eigenvalue weighted by molar-refractivity contribution is 6.63. The van der Waals surface area contributed by atoms with Gasteiger partial charge in [-0.25, -0.2) is 4.79 Å². The summed E-state index contributed by atoms with van der Waals surface area (Å²) in [7, 11) is 0. The van der Waals surface area contributed by atoms with Crippen LogP contribution in [0.2, 0.25) is 0 Å². The summed E-state index contributed by atoms with van der Waals surface area (Å²) in [5.74, 6) is -0.502. The van der Waals surface area contributed by atoms with Crippen molar-refractivity contribution in [2.75, 3.05) is 13.4 Å². The molecule has 0 aliphatic rings. The van der Waals surface area contributed by atoms with Crippen LogP contribution in [0.3, 0.4) is 0 Å². The molecule has 0 aliphatic heterocycles. The predicted octanol–water partition coefficient (Wildman–Crippen LogP) is 1.58. The quantitative estimate of drug-likeness (QED) is 0.332. The summed E-state index contributed by atoms with van der Waals surface area (Å²) in [6.45, 7) is -0.560. The van der Waals surface area contributed by atoms with E-state index in [1.54, 1.807) is 30.3 Å². The van der Waals surface area contributed by atoms with E-state index >= 15 is 0 Å². The fraction of sp³-hybridized carbons (Fsp3) is 0.200. The maximum absolute atomic E-state index is 11.3. The molecule has 1 rings (SSSR count). The number of rotatable bonds is 5. The molecule has 0 aliphatic carbocycles. The van der Waals surface area contributed by atoms with Gasteiger partial charge in [0.05, 0.1) is 5.56 Å². The van der Waals surface area contributed by atoms with Crippen LogP contribution in [0, 0.1) is 0 Å². The number of carbonyl (C=O) groups excluding carboxylic acids is 2. The van der Waals surface area contributed by atoms with Crippen molar-refractivity contribution in [3.8, 4) is 0 Å². The monoisotopic (exact) mass is 228 g/mol. The van der Waals surface area contributed by atoms with Crippen LogP contribution in [-0.4, -0.2) is 24.6 Å². The summed E-state index contributed by atoms with van der Waals surface area (Å²) < 4.78 is 9.37. The van der Waals surface area contributed by atoms with E-state index in [1.165, 1.54) is 0 Å². The Bertz CT molecular complexity index is 337. The van der Waals surface area contributed by atoms with Gasteiger partial charge in [0.15, 0.2) is 6.79 Å². The van der Waals surface area contributed by atoms with E-state index in [0.717, 1.165) is 0 Å². The molecule has 0 fully saturated rings. The van der Waals surface area contributed by atoms with Crippen LogP contribution < -0.4 is 0 Å². The van der Waals surface area contributed by atoms with E-state index < -0.39 is 11.2 Å². The topological polar surface area (TPSA) is 52.6 Å². The molecule has 0 saturated heterocycles. The first-order valence-electron chi connectivity index (χ1n) is 4.18. The largest absolute Gasteiger partial charge is 0.435 e. The molecule has 80 valence electrons. The summed E-state index contributed by atoms with van der Waals surface area (Å²) >= 11 is 5.01. The fourth-order valence-electron chi connectivity index (χ4n) is 0.875. The number of halogens is 1. The smallest absolute Gasteiger partial charge is 0.340 e. The maximum Gasteiger partial charge on any atom is 0.340 e. The highest BCUT2D eigenvalue weighted by Crippen LogP contribution is 2.00. The highest BCUT2D eigenvalue weighted by Gasteiger charge is 2.05. The molecule has 0 spiro atoms. The van der Waals surface area contributed by atoms with Crippen LogP contribution in [0.4, 0.5) is 0 Å². The number of benzene rings is 1. The highest BCUT2D eigenvalue weighted by atomic mass is 35.5. The molecule has 0 unspecified atom stereocenters. The minimum atomic E-state index is -0.634. The second-order valence-corrected chi connectivity index (χ2v) is 3.04. The standard InChI is InChI=1S/C10H9ClO4/c11-9(12)6-14-7-15-10(13)8-4-2-1-3-5-8/h1-5H,6-7H2. The average Bonchev–Trinajstić information content (AvgIpc) is 2.25. The van der Waals surface area contributed by atoms with Crippen molar-refractivity contribution in [2.24, 2.45) is 0 Å². The average molecular weight is 229 g/mol. The van der Waals surface area contributed by atoms with E-state index in [0.29, 0.717) is 5.56 Å². The SMILES string of the molecule is O=C(Cl)COCOC(=O)c1ccccc1. The first kappa shape index (κ1) is 11.7. The Morgan fingerprint density at radius 1 is 1.20 bits per heavy atom. The van der Waals surface area contributed by atoms with Crippen molar-refractivity contribution in [3.63, 3.8) is 0 Å². The van der Waals surface area contributed by atoms with Crippen molar-refractivity contribution in [1.82, 2.24) is 0 Å². The van der Waals surface area contributed by atoms with E-state index in [2.05, 4.69) is 4.74 Å². The Kier molecular flexibility index (Phi) is 4.80. The molecule has 5 heteroatoms. The molecule has 0 N–H and O–H groups in total. The minimum Gasteiger partial charge on any atom is -0.435 e. The molecule has 0 saturated carbocycles. The number of ether oxygens (including phenoxy) is 2. The molecule has 0 radical (unpaired) electrons. The second-order valence-electron chi connectivity index (χ2n) is 2.62. The third kappa shape index (κ3) is 4.58. The summed E-state index contributed by atoms with van der Waals surface area (Å²) in [6.07, 6.45) is 0. The maximum atomic E-state index is 11.3. The Labute approximate surface area is 91.7 Å². The van der Waals surface area contributed by atoms with Crippen LogP contribution >= 0.6 is 11.6 Å². The zero-order chi connectivity index (χ0) is 11.1. The molecule has 4 nitrogen and oxygen atoms in total. The Morgan fingerprint density at radius 2 is 1.87 bits per heavy atom. The van der Waals surface area contributed by atoms with Crippen molar-refractivity contribution < 1.29 is 19.1 Å². The van der Waals surface area contributed by atoms with Crippen LogP contribution in [-0.2, 0) is 14.3 Å². The molecule has 1 aromatic carbocycles. The number of esters is 1. The number of carbonyl (C=O) groups is 2. The summed E-state index contributed by atoms with van der Waals surface area (Å²) in [4.78, 5) is 21.5. The molecule has 0 atom stereocenters. The lowest BCUT2D eigenvalue weighted by molar-refractivity contribution is -0.119. The first-order valence-corrected chi connectivity index (χ1v) is 4.56. The lowest BCUT2D eigenvalue weighted by Crippen LogP contribution is -2.11.